The maximum atomic E-state index is 11.8. The van der Waals surface area contributed by atoms with Crippen molar-refractivity contribution >= 4 is 12.9 Å². The predicted molar refractivity (Wildman–Crippen MR) is 41.9 cm³/mol. The van der Waals surface area contributed by atoms with Gasteiger partial charge in [-0.15, -0.1) is 11.5 Å². The molecule has 1 aliphatic rings. The van der Waals surface area contributed by atoms with E-state index in [4.69, 9.17) is 0 Å². The molecular weight excluding hydrogens is 184 g/mol. The number of rotatable bonds is 2. The standard InChI is InChI=1S/C7H9BF3O2/c1-13-7(12)6-2-5(3-6)4-8(9,10)11/h4,6H,2-3H2,1H3/q-1. The fourth-order valence-corrected chi connectivity index (χ4v) is 1.31. The van der Waals surface area contributed by atoms with Gasteiger partial charge in [0.15, 0.2) is 0 Å². The Hall–Kier alpha value is -0.935. The molecule has 1 aliphatic carbocycles. The summed E-state index contributed by atoms with van der Waals surface area (Å²) in [6.07, 6.45) is 0.377. The third-order valence-corrected chi connectivity index (χ3v) is 1.98. The van der Waals surface area contributed by atoms with Gasteiger partial charge >= 0.3 is 12.9 Å². The summed E-state index contributed by atoms with van der Waals surface area (Å²) in [4.78, 5) is 10.8. The molecule has 0 amide bonds. The molecule has 0 radical (unpaired) electrons. The van der Waals surface area contributed by atoms with Crippen molar-refractivity contribution in [2.75, 3.05) is 7.11 Å². The lowest BCUT2D eigenvalue weighted by Crippen LogP contribution is -2.27. The minimum atomic E-state index is -4.86. The van der Waals surface area contributed by atoms with Gasteiger partial charge in [0.2, 0.25) is 0 Å². The van der Waals surface area contributed by atoms with Gasteiger partial charge in [0, 0.05) is 0 Å². The Labute approximate surface area is 73.8 Å². The average Bonchev–Trinajstić information content (AvgIpc) is 1.92. The van der Waals surface area contributed by atoms with Crippen LogP contribution in [0.3, 0.4) is 0 Å². The maximum Gasteiger partial charge on any atom is 0.502 e. The molecule has 0 aromatic heterocycles. The van der Waals surface area contributed by atoms with Gasteiger partial charge in [-0.1, -0.05) is 0 Å². The monoisotopic (exact) mass is 193 g/mol. The molecule has 0 spiro atoms. The predicted octanol–water partition coefficient (Wildman–Crippen LogP) is 1.88. The second-order valence-electron chi connectivity index (χ2n) is 3.08. The highest BCUT2D eigenvalue weighted by Crippen LogP contribution is 2.35. The molecule has 0 unspecified atom stereocenters. The zero-order valence-corrected chi connectivity index (χ0v) is 7.10. The van der Waals surface area contributed by atoms with Gasteiger partial charge in [-0.25, -0.2) is 0 Å². The van der Waals surface area contributed by atoms with E-state index in [-0.39, 0.29) is 18.8 Å². The number of carbonyl (C=O) groups is 1. The van der Waals surface area contributed by atoms with Crippen LogP contribution in [-0.4, -0.2) is 20.1 Å². The zero-order chi connectivity index (χ0) is 10.1. The molecule has 0 N–H and O–H groups in total. The molecule has 13 heavy (non-hydrogen) atoms. The first kappa shape index (κ1) is 10.1. The van der Waals surface area contributed by atoms with Gasteiger partial charge in [0.1, 0.15) is 0 Å². The SMILES string of the molecule is COC(=O)C1CC(=C[B-](F)(F)F)C1. The van der Waals surface area contributed by atoms with Crippen LogP contribution in [0.4, 0.5) is 12.9 Å². The normalized spacial score (nSPS) is 22.2. The molecule has 0 bridgehead atoms. The minimum Gasteiger partial charge on any atom is -0.469 e. The molecule has 0 aromatic carbocycles. The second-order valence-corrected chi connectivity index (χ2v) is 3.08. The van der Waals surface area contributed by atoms with Gasteiger partial charge in [0.25, 0.3) is 0 Å². The fourth-order valence-electron chi connectivity index (χ4n) is 1.31. The molecule has 0 aromatic rings. The Morgan fingerprint density at radius 2 is 2.08 bits per heavy atom. The van der Waals surface area contributed by atoms with Gasteiger partial charge < -0.3 is 17.7 Å². The summed E-state index contributed by atoms with van der Waals surface area (Å²) in [5.41, 5.74) is 0.294. The Morgan fingerprint density at radius 3 is 2.46 bits per heavy atom. The van der Waals surface area contributed by atoms with E-state index in [2.05, 4.69) is 4.74 Å². The number of halogens is 3. The van der Waals surface area contributed by atoms with Crippen molar-refractivity contribution in [3.63, 3.8) is 0 Å². The van der Waals surface area contributed by atoms with Crippen LogP contribution in [0.25, 0.3) is 0 Å². The number of hydrogen-bond donors (Lipinski definition) is 0. The number of hydrogen-bond acceptors (Lipinski definition) is 2. The molecule has 0 aliphatic heterocycles. The largest absolute Gasteiger partial charge is 0.502 e. The third kappa shape index (κ3) is 2.79. The lowest BCUT2D eigenvalue weighted by atomic mass is 9.74. The Balaban J connectivity index is 2.42. The Morgan fingerprint density at radius 1 is 1.54 bits per heavy atom. The van der Waals surface area contributed by atoms with Crippen molar-refractivity contribution in [3.05, 3.63) is 11.5 Å². The molecule has 1 fully saturated rings. The highest BCUT2D eigenvalue weighted by Gasteiger charge is 2.32. The van der Waals surface area contributed by atoms with Gasteiger partial charge in [-0.05, 0) is 12.8 Å². The number of carbonyl (C=O) groups excluding carboxylic acids is 1. The molecular formula is C7H9BF3O2-. The van der Waals surface area contributed by atoms with Gasteiger partial charge in [-0.3, -0.25) is 4.79 Å². The van der Waals surface area contributed by atoms with E-state index < -0.39 is 12.9 Å². The van der Waals surface area contributed by atoms with Crippen molar-refractivity contribution in [2.45, 2.75) is 12.8 Å². The molecule has 6 heteroatoms. The fraction of sp³-hybridized carbons (Fsp3) is 0.571. The Kier molecular flexibility index (Phi) is 2.68. The van der Waals surface area contributed by atoms with Crippen molar-refractivity contribution in [1.29, 1.82) is 0 Å². The van der Waals surface area contributed by atoms with Crippen molar-refractivity contribution in [1.82, 2.24) is 0 Å². The lowest BCUT2D eigenvalue weighted by Gasteiger charge is -2.29. The van der Waals surface area contributed by atoms with Gasteiger partial charge in [-0.2, -0.15) is 0 Å². The highest BCUT2D eigenvalue weighted by atomic mass is 19.4. The lowest BCUT2D eigenvalue weighted by molar-refractivity contribution is -0.146. The summed E-state index contributed by atoms with van der Waals surface area (Å²) in [5, 5.41) is 0. The van der Waals surface area contributed by atoms with E-state index in [0.717, 1.165) is 0 Å². The van der Waals surface area contributed by atoms with Crippen LogP contribution < -0.4 is 0 Å². The maximum absolute atomic E-state index is 11.8. The van der Waals surface area contributed by atoms with Crippen molar-refractivity contribution < 1.29 is 22.5 Å². The zero-order valence-electron chi connectivity index (χ0n) is 7.10. The number of ether oxygens (including phenoxy) is 1. The van der Waals surface area contributed by atoms with Gasteiger partial charge in [0.05, 0.1) is 13.0 Å². The summed E-state index contributed by atoms with van der Waals surface area (Å²) >= 11 is 0. The van der Waals surface area contributed by atoms with Crippen LogP contribution in [-0.2, 0) is 9.53 Å². The number of allylic oxidation sites excluding steroid dienone is 1. The first-order valence-electron chi connectivity index (χ1n) is 3.91. The quantitative estimate of drug-likeness (QED) is 0.494. The number of methoxy groups -OCH3 is 1. The third-order valence-electron chi connectivity index (χ3n) is 1.98. The van der Waals surface area contributed by atoms with Crippen LogP contribution in [0, 0.1) is 5.92 Å². The first-order valence-corrected chi connectivity index (χ1v) is 3.91. The van der Waals surface area contributed by atoms with Crippen molar-refractivity contribution in [3.8, 4) is 0 Å². The average molecular weight is 193 g/mol. The summed E-state index contributed by atoms with van der Waals surface area (Å²) in [7, 11) is 1.23. The molecule has 1 saturated carbocycles. The molecule has 0 saturated heterocycles. The van der Waals surface area contributed by atoms with Crippen LogP contribution in [0.1, 0.15) is 12.8 Å². The van der Waals surface area contributed by atoms with Crippen LogP contribution >= 0.6 is 0 Å². The summed E-state index contributed by atoms with van der Waals surface area (Å²) in [6, 6.07) is 0. The molecule has 0 heterocycles. The van der Waals surface area contributed by atoms with E-state index in [0.29, 0.717) is 11.5 Å². The van der Waals surface area contributed by atoms with E-state index >= 15 is 0 Å². The van der Waals surface area contributed by atoms with Crippen LogP contribution in [0.5, 0.6) is 0 Å². The summed E-state index contributed by atoms with van der Waals surface area (Å²) in [5.74, 6) is -0.472. The molecule has 74 valence electrons. The Bertz CT molecular complexity index is 239. The smallest absolute Gasteiger partial charge is 0.469 e. The summed E-state index contributed by atoms with van der Waals surface area (Å²) < 4.78 is 39.8. The van der Waals surface area contributed by atoms with E-state index in [1.54, 1.807) is 0 Å². The highest BCUT2D eigenvalue weighted by molar-refractivity contribution is 6.64. The topological polar surface area (TPSA) is 26.3 Å². The minimum absolute atomic E-state index is 0.188. The van der Waals surface area contributed by atoms with E-state index in [9.17, 15) is 17.7 Å². The van der Waals surface area contributed by atoms with Crippen LogP contribution in [0.2, 0.25) is 0 Å². The molecule has 0 atom stereocenters. The van der Waals surface area contributed by atoms with E-state index in [1.165, 1.54) is 7.11 Å². The van der Waals surface area contributed by atoms with E-state index in [1.807, 2.05) is 0 Å². The first-order chi connectivity index (χ1) is 5.92. The van der Waals surface area contributed by atoms with Crippen LogP contribution in [0.15, 0.2) is 11.5 Å². The summed E-state index contributed by atoms with van der Waals surface area (Å²) in [6.45, 7) is -4.86. The second kappa shape index (κ2) is 3.43. The molecule has 2 nitrogen and oxygen atoms in total. The van der Waals surface area contributed by atoms with Crippen molar-refractivity contribution in [2.24, 2.45) is 5.92 Å². The molecule has 1 rings (SSSR count). The number of esters is 1.